The number of carbonyl (C=O) groups excluding carboxylic acids is 2. The minimum absolute atomic E-state index is 0.0954. The molecule has 6 rings (SSSR count). The molecule has 0 spiro atoms. The molecule has 0 aliphatic heterocycles. The summed E-state index contributed by atoms with van der Waals surface area (Å²) in [5.74, 6) is -2.17. The summed E-state index contributed by atoms with van der Waals surface area (Å²) in [7, 11) is 0. The van der Waals surface area contributed by atoms with E-state index < -0.39 is 50.7 Å². The van der Waals surface area contributed by atoms with Crippen LogP contribution < -0.4 is 18.4 Å². The first kappa shape index (κ1) is 45.3. The molecule has 59 heavy (non-hydrogen) atoms. The third-order valence-corrected chi connectivity index (χ3v) is 21.9. The standard InChI is InChI=1S/2C20H28F2NO.2C5H5.Ti/c2*1-20(2,12-10-15-6-4-3-5-7-15)19(24)23-13-11-16-8-9-17(21)14-18(16)22;2*1-2-4-5-3-1;/h2*8-9,15H,3-7,10-13H2,1-2H3,(H,23,24);2*1-3H,4H2;. The van der Waals surface area contributed by atoms with E-state index in [-0.39, 0.29) is 56.6 Å². The Labute approximate surface area is 354 Å². The molecular formula is C50H66F4N2O2Ti. The molecule has 2 amide bonds. The first-order chi connectivity index (χ1) is 28.3. The van der Waals surface area contributed by atoms with Crippen LogP contribution in [0.5, 0.6) is 0 Å². The van der Waals surface area contributed by atoms with Crippen LogP contribution in [0.2, 0.25) is 0 Å². The number of amides is 2. The van der Waals surface area contributed by atoms with Gasteiger partial charge in [0.05, 0.1) is 0 Å². The Kier molecular flexibility index (Phi) is 15.4. The molecule has 2 aromatic carbocycles. The molecule has 0 unspecified atom stereocenters. The number of nitrogens with one attached hydrogen (secondary N) is 2. The van der Waals surface area contributed by atoms with Crippen LogP contribution in [-0.4, -0.2) is 24.9 Å². The minimum atomic E-state index is -5.04. The van der Waals surface area contributed by atoms with E-state index in [9.17, 15) is 9.59 Å². The number of halogens is 4. The van der Waals surface area contributed by atoms with Gasteiger partial charge in [0.15, 0.2) is 0 Å². The average molecular weight is 851 g/mol. The molecule has 0 atom stereocenters. The van der Waals surface area contributed by atoms with E-state index in [2.05, 4.69) is 10.6 Å². The number of rotatable bonds is 18. The number of hydrogen-bond donors (Lipinski definition) is 2. The Morgan fingerprint density at radius 1 is 0.610 bits per heavy atom. The summed E-state index contributed by atoms with van der Waals surface area (Å²) in [4.78, 5) is 26.8. The Morgan fingerprint density at radius 2 is 1.00 bits per heavy atom. The van der Waals surface area contributed by atoms with Gasteiger partial charge in [0, 0.05) is 0 Å². The van der Waals surface area contributed by atoms with E-state index in [1.165, 1.54) is 88.5 Å². The van der Waals surface area contributed by atoms with Crippen molar-refractivity contribution in [2.45, 2.75) is 143 Å². The summed E-state index contributed by atoms with van der Waals surface area (Å²) in [5, 5.41) is 6.02. The van der Waals surface area contributed by atoms with E-state index >= 15 is 17.6 Å². The van der Waals surface area contributed by atoms with Crippen molar-refractivity contribution < 1.29 is 43.7 Å². The fourth-order valence-corrected chi connectivity index (χ4v) is 18.5. The molecule has 320 valence electrons. The molecule has 4 nitrogen and oxygen atoms in total. The molecular weight excluding hydrogens is 784 g/mol. The Morgan fingerprint density at radius 3 is 1.36 bits per heavy atom. The molecule has 2 fully saturated rings. The van der Waals surface area contributed by atoms with Gasteiger partial charge in [0.25, 0.3) is 0 Å². The molecule has 2 aromatic rings. The topological polar surface area (TPSA) is 58.2 Å². The molecule has 9 heteroatoms. The van der Waals surface area contributed by atoms with Crippen molar-refractivity contribution in [3.63, 3.8) is 0 Å². The maximum absolute atomic E-state index is 17.4. The number of carbonyl (C=O) groups is 2. The molecule has 4 aliphatic rings. The van der Waals surface area contributed by atoms with Crippen LogP contribution in [0.4, 0.5) is 17.6 Å². The average Bonchev–Trinajstić information content (AvgIpc) is 3.98. The Bertz CT molecular complexity index is 1810. The summed E-state index contributed by atoms with van der Waals surface area (Å²) in [6.45, 7) is 8.07. The van der Waals surface area contributed by atoms with Gasteiger partial charge in [-0.05, 0) is 0 Å². The summed E-state index contributed by atoms with van der Waals surface area (Å²) in [5.41, 5.74) is -0.793. The van der Waals surface area contributed by atoms with Crippen LogP contribution in [0.3, 0.4) is 0 Å². The summed E-state index contributed by atoms with van der Waals surface area (Å²) < 4.78 is 68.9. The van der Waals surface area contributed by atoms with Crippen molar-refractivity contribution in [1.29, 1.82) is 0 Å². The molecule has 2 saturated carbocycles. The van der Waals surface area contributed by atoms with Gasteiger partial charge in [-0.1, -0.05) is 38.5 Å². The van der Waals surface area contributed by atoms with E-state index in [0.29, 0.717) is 32.4 Å². The fraction of sp³-hybridized carbons (Fsp3) is 0.560. The van der Waals surface area contributed by atoms with Gasteiger partial charge in [-0.15, -0.1) is 0 Å². The van der Waals surface area contributed by atoms with Crippen molar-refractivity contribution in [2.75, 3.05) is 13.1 Å². The second-order valence-corrected chi connectivity index (χ2v) is 25.0. The van der Waals surface area contributed by atoms with Crippen LogP contribution in [0.25, 0.3) is 0 Å². The van der Waals surface area contributed by atoms with Gasteiger partial charge in [-0.25, -0.2) is 0 Å². The number of hydrogen-bond acceptors (Lipinski definition) is 2. The Balaban J connectivity index is 1.26. The normalized spacial score (nSPS) is 18.0. The van der Waals surface area contributed by atoms with E-state index in [4.69, 9.17) is 0 Å². The van der Waals surface area contributed by atoms with Gasteiger partial charge in [0.1, 0.15) is 0 Å². The van der Waals surface area contributed by atoms with E-state index in [0.717, 1.165) is 25.7 Å². The monoisotopic (exact) mass is 850 g/mol. The molecule has 0 bridgehead atoms. The zero-order chi connectivity index (χ0) is 42.2. The third kappa shape index (κ3) is 10.5. The van der Waals surface area contributed by atoms with Crippen molar-refractivity contribution in [3.05, 3.63) is 103 Å². The van der Waals surface area contributed by atoms with Crippen LogP contribution >= 0.6 is 0 Å². The summed E-state index contributed by atoms with van der Waals surface area (Å²) in [6.07, 6.45) is 27.7. The zero-order valence-electron chi connectivity index (χ0n) is 35.9. The van der Waals surface area contributed by atoms with E-state index in [1.807, 2.05) is 39.8 Å². The zero-order valence-corrected chi connectivity index (χ0v) is 37.5. The van der Waals surface area contributed by atoms with Crippen LogP contribution in [0.1, 0.15) is 142 Å². The first-order valence-electron chi connectivity index (χ1n) is 22.5. The second kappa shape index (κ2) is 20.1. The van der Waals surface area contributed by atoms with Crippen molar-refractivity contribution >= 4 is 19.6 Å². The second-order valence-electron chi connectivity index (χ2n) is 19.1. The molecule has 0 aromatic heterocycles. The number of benzene rings is 2. The first-order valence-corrected chi connectivity index (χ1v) is 25.6. The van der Waals surface area contributed by atoms with E-state index in [1.54, 1.807) is 24.3 Å². The quantitative estimate of drug-likeness (QED) is 0.116. The van der Waals surface area contributed by atoms with Gasteiger partial charge >= 0.3 is 317 Å². The summed E-state index contributed by atoms with van der Waals surface area (Å²) >= 11 is -5.04. The maximum atomic E-state index is 17.4. The van der Waals surface area contributed by atoms with Crippen LogP contribution in [-0.2, 0) is 39.0 Å². The van der Waals surface area contributed by atoms with Crippen molar-refractivity contribution in [1.82, 2.24) is 10.6 Å². The van der Waals surface area contributed by atoms with Gasteiger partial charge in [-0.2, -0.15) is 0 Å². The van der Waals surface area contributed by atoms with Gasteiger partial charge in [0.2, 0.25) is 0 Å². The van der Waals surface area contributed by atoms with Crippen molar-refractivity contribution in [3.8, 4) is 0 Å². The molecule has 0 radical (unpaired) electrons. The Hall–Kier alpha value is -3.23. The molecule has 0 heterocycles. The predicted molar refractivity (Wildman–Crippen MR) is 228 cm³/mol. The molecule has 4 aliphatic carbocycles. The van der Waals surface area contributed by atoms with Crippen LogP contribution in [0, 0.1) is 45.9 Å². The molecule has 2 N–H and O–H groups in total. The van der Waals surface area contributed by atoms with Gasteiger partial charge < -0.3 is 0 Å². The summed E-state index contributed by atoms with van der Waals surface area (Å²) in [6, 6.07) is 5.24. The predicted octanol–water partition coefficient (Wildman–Crippen LogP) is 11.1. The molecule has 0 saturated heterocycles. The van der Waals surface area contributed by atoms with Crippen LogP contribution in [0.15, 0.2) is 68.5 Å². The SMILES string of the molecule is CC(C)(CCC1CCCCC1)C(=O)NCCc1ccc(F)[c]([Ti]([C]2=CC=CC2)([C]2=CC=CC2)[c]2c(F)ccc(CCNC(=O)C(C)(C)CCC3CCCCC3)c2F)c1F. The third-order valence-electron chi connectivity index (χ3n) is 14.0. The van der Waals surface area contributed by atoms with Crippen molar-refractivity contribution in [2.24, 2.45) is 22.7 Å². The fourth-order valence-electron chi connectivity index (χ4n) is 10.1. The van der Waals surface area contributed by atoms with Gasteiger partial charge in [-0.3, -0.25) is 0 Å². The number of allylic oxidation sites excluding steroid dienone is 8.